The largest absolute Gasteiger partial charge is 0.381 e. The summed E-state index contributed by atoms with van der Waals surface area (Å²) in [5, 5.41) is 0. The van der Waals surface area contributed by atoms with Gasteiger partial charge in [0, 0.05) is 31.1 Å². The molecule has 84 valence electrons. The first-order chi connectivity index (χ1) is 6.68. The molecule has 3 heteroatoms. The lowest BCUT2D eigenvalue weighted by Crippen LogP contribution is -2.25. The van der Waals surface area contributed by atoms with Gasteiger partial charge in [-0.15, -0.1) is 11.6 Å². The van der Waals surface area contributed by atoms with E-state index in [-0.39, 0.29) is 5.41 Å². The summed E-state index contributed by atoms with van der Waals surface area (Å²) in [6.45, 7) is 7.65. The molecule has 1 saturated heterocycles. The highest BCUT2D eigenvalue weighted by atomic mass is 35.5. The number of rotatable bonds is 6. The van der Waals surface area contributed by atoms with Crippen LogP contribution in [-0.2, 0) is 9.47 Å². The molecule has 0 saturated carbocycles. The van der Waals surface area contributed by atoms with E-state index in [1.165, 1.54) is 0 Å². The van der Waals surface area contributed by atoms with E-state index in [1.54, 1.807) is 0 Å². The van der Waals surface area contributed by atoms with E-state index < -0.39 is 0 Å². The zero-order valence-corrected chi connectivity index (χ0v) is 9.98. The first-order valence-corrected chi connectivity index (χ1v) is 5.93. The molecule has 1 aliphatic rings. The van der Waals surface area contributed by atoms with Crippen LogP contribution in [-0.4, -0.2) is 32.3 Å². The fourth-order valence-electron chi connectivity index (χ4n) is 1.63. The summed E-state index contributed by atoms with van der Waals surface area (Å²) >= 11 is 5.97. The quantitative estimate of drug-likeness (QED) is 0.506. The van der Waals surface area contributed by atoms with E-state index in [4.69, 9.17) is 21.1 Å². The molecule has 0 aromatic rings. The third-order valence-corrected chi connectivity index (χ3v) is 3.26. The minimum absolute atomic E-state index is 0.193. The Morgan fingerprint density at radius 1 is 1.50 bits per heavy atom. The molecule has 1 unspecified atom stereocenters. The van der Waals surface area contributed by atoms with Crippen LogP contribution in [0, 0.1) is 11.3 Å². The van der Waals surface area contributed by atoms with Gasteiger partial charge in [-0.2, -0.15) is 0 Å². The standard InChI is InChI=1S/C11H21ClO2/c1-10(2)7-13-5-3-11(8-12)4-6-14-9-11/h10H,3-9H2,1-2H3. The Hall–Kier alpha value is 0.210. The zero-order valence-electron chi connectivity index (χ0n) is 9.22. The first kappa shape index (κ1) is 12.3. The van der Waals surface area contributed by atoms with E-state index in [9.17, 15) is 0 Å². The average Bonchev–Trinajstić information content (AvgIpc) is 2.62. The van der Waals surface area contributed by atoms with Crippen LogP contribution in [0.5, 0.6) is 0 Å². The van der Waals surface area contributed by atoms with Crippen molar-refractivity contribution in [2.24, 2.45) is 11.3 Å². The smallest absolute Gasteiger partial charge is 0.0535 e. The molecule has 1 heterocycles. The number of hydrogen-bond acceptors (Lipinski definition) is 2. The van der Waals surface area contributed by atoms with Crippen LogP contribution in [0.2, 0.25) is 0 Å². The normalized spacial score (nSPS) is 27.4. The van der Waals surface area contributed by atoms with Gasteiger partial charge in [-0.1, -0.05) is 13.8 Å². The number of alkyl halides is 1. The highest BCUT2D eigenvalue weighted by Gasteiger charge is 2.33. The Bertz CT molecular complexity index is 153. The maximum atomic E-state index is 5.97. The maximum Gasteiger partial charge on any atom is 0.0535 e. The van der Waals surface area contributed by atoms with Crippen molar-refractivity contribution in [1.82, 2.24) is 0 Å². The van der Waals surface area contributed by atoms with E-state index in [0.717, 1.165) is 39.3 Å². The summed E-state index contributed by atoms with van der Waals surface area (Å²) in [5.41, 5.74) is 0.193. The van der Waals surface area contributed by atoms with Crippen molar-refractivity contribution in [3.05, 3.63) is 0 Å². The lowest BCUT2D eigenvalue weighted by molar-refractivity contribution is 0.0746. The molecule has 0 N–H and O–H groups in total. The minimum atomic E-state index is 0.193. The summed E-state index contributed by atoms with van der Waals surface area (Å²) in [7, 11) is 0. The third kappa shape index (κ3) is 3.76. The van der Waals surface area contributed by atoms with Gasteiger partial charge in [-0.05, 0) is 18.8 Å². The van der Waals surface area contributed by atoms with Crippen molar-refractivity contribution in [3.8, 4) is 0 Å². The van der Waals surface area contributed by atoms with Gasteiger partial charge in [-0.3, -0.25) is 0 Å². The SMILES string of the molecule is CC(C)COCCC1(CCl)CCOC1. The second kappa shape index (κ2) is 5.94. The van der Waals surface area contributed by atoms with Gasteiger partial charge in [0.05, 0.1) is 6.61 Å². The van der Waals surface area contributed by atoms with Crippen LogP contribution in [0.1, 0.15) is 26.7 Å². The molecular formula is C11H21ClO2. The van der Waals surface area contributed by atoms with Crippen molar-refractivity contribution in [2.45, 2.75) is 26.7 Å². The van der Waals surface area contributed by atoms with Crippen molar-refractivity contribution >= 4 is 11.6 Å². The van der Waals surface area contributed by atoms with Crippen molar-refractivity contribution in [2.75, 3.05) is 32.3 Å². The lowest BCUT2D eigenvalue weighted by Gasteiger charge is -2.24. The van der Waals surface area contributed by atoms with Crippen molar-refractivity contribution in [3.63, 3.8) is 0 Å². The van der Waals surface area contributed by atoms with E-state index >= 15 is 0 Å². The van der Waals surface area contributed by atoms with Gasteiger partial charge in [0.25, 0.3) is 0 Å². The van der Waals surface area contributed by atoms with Crippen LogP contribution < -0.4 is 0 Å². The second-order valence-electron chi connectivity index (χ2n) is 4.65. The molecule has 1 aliphatic heterocycles. The highest BCUT2D eigenvalue weighted by Crippen LogP contribution is 2.33. The minimum Gasteiger partial charge on any atom is -0.381 e. The Morgan fingerprint density at radius 3 is 2.79 bits per heavy atom. The number of ether oxygens (including phenoxy) is 2. The zero-order chi connectivity index (χ0) is 10.4. The molecule has 1 rings (SSSR count). The number of hydrogen-bond donors (Lipinski definition) is 0. The Labute approximate surface area is 91.9 Å². The van der Waals surface area contributed by atoms with Crippen LogP contribution in [0.4, 0.5) is 0 Å². The Morgan fingerprint density at radius 2 is 2.29 bits per heavy atom. The van der Waals surface area contributed by atoms with Crippen LogP contribution in [0.15, 0.2) is 0 Å². The highest BCUT2D eigenvalue weighted by molar-refractivity contribution is 6.18. The molecule has 0 amide bonds. The summed E-state index contributed by atoms with van der Waals surface area (Å²) in [4.78, 5) is 0. The summed E-state index contributed by atoms with van der Waals surface area (Å²) in [6, 6.07) is 0. The van der Waals surface area contributed by atoms with Gasteiger partial charge < -0.3 is 9.47 Å². The molecule has 1 atom stereocenters. The molecular weight excluding hydrogens is 200 g/mol. The fourth-order valence-corrected chi connectivity index (χ4v) is 1.97. The summed E-state index contributed by atoms with van der Waals surface area (Å²) in [5.74, 6) is 1.31. The van der Waals surface area contributed by atoms with Crippen molar-refractivity contribution in [1.29, 1.82) is 0 Å². The summed E-state index contributed by atoms with van der Waals surface area (Å²) < 4.78 is 11.0. The van der Waals surface area contributed by atoms with Gasteiger partial charge >= 0.3 is 0 Å². The molecule has 0 spiro atoms. The number of halogens is 1. The van der Waals surface area contributed by atoms with Crippen LogP contribution >= 0.6 is 11.6 Å². The lowest BCUT2D eigenvalue weighted by atomic mass is 9.86. The second-order valence-corrected chi connectivity index (χ2v) is 4.92. The monoisotopic (exact) mass is 220 g/mol. The van der Waals surface area contributed by atoms with Gasteiger partial charge in [0.1, 0.15) is 0 Å². The van der Waals surface area contributed by atoms with E-state index in [0.29, 0.717) is 11.8 Å². The molecule has 0 radical (unpaired) electrons. The molecule has 0 aliphatic carbocycles. The van der Waals surface area contributed by atoms with E-state index in [1.807, 2.05) is 0 Å². The first-order valence-electron chi connectivity index (χ1n) is 5.40. The molecule has 14 heavy (non-hydrogen) atoms. The molecule has 1 fully saturated rings. The summed E-state index contributed by atoms with van der Waals surface area (Å²) in [6.07, 6.45) is 2.12. The van der Waals surface area contributed by atoms with Gasteiger partial charge in [0.2, 0.25) is 0 Å². The predicted octanol–water partition coefficient (Wildman–Crippen LogP) is 2.69. The molecule has 2 nitrogen and oxygen atoms in total. The third-order valence-electron chi connectivity index (χ3n) is 2.70. The Kier molecular flexibility index (Phi) is 5.21. The molecule has 0 aromatic carbocycles. The van der Waals surface area contributed by atoms with Gasteiger partial charge in [0.15, 0.2) is 0 Å². The topological polar surface area (TPSA) is 18.5 Å². The average molecular weight is 221 g/mol. The fraction of sp³-hybridized carbons (Fsp3) is 1.00. The van der Waals surface area contributed by atoms with Crippen LogP contribution in [0.25, 0.3) is 0 Å². The van der Waals surface area contributed by atoms with Gasteiger partial charge in [-0.25, -0.2) is 0 Å². The van der Waals surface area contributed by atoms with Crippen molar-refractivity contribution < 1.29 is 9.47 Å². The predicted molar refractivity (Wildman–Crippen MR) is 58.9 cm³/mol. The maximum absolute atomic E-state index is 5.97. The van der Waals surface area contributed by atoms with E-state index in [2.05, 4.69) is 13.8 Å². The molecule has 0 bridgehead atoms. The van der Waals surface area contributed by atoms with Crippen LogP contribution in [0.3, 0.4) is 0 Å². The Balaban J connectivity index is 2.15. The molecule has 0 aromatic heterocycles.